The van der Waals surface area contributed by atoms with Crippen LogP contribution in [0.25, 0.3) is 0 Å². The van der Waals surface area contributed by atoms with E-state index in [2.05, 4.69) is 6.58 Å². The zero-order valence-electron chi connectivity index (χ0n) is 11.8. The predicted octanol–water partition coefficient (Wildman–Crippen LogP) is 3.22. The smallest absolute Gasteiger partial charge is 0.157 e. The molecule has 18 heavy (non-hydrogen) atoms. The third-order valence-electron chi connectivity index (χ3n) is 2.42. The topological polar surface area (TPSA) is 38.7 Å². The Kier molecular flexibility index (Phi) is 10.6. The van der Waals surface area contributed by atoms with Crippen molar-refractivity contribution in [2.75, 3.05) is 13.2 Å². The average Bonchev–Trinajstić information content (AvgIpc) is 2.91. The molecule has 1 N–H and O–H groups in total. The summed E-state index contributed by atoms with van der Waals surface area (Å²) in [5, 5.41) is 9.95. The van der Waals surface area contributed by atoms with Gasteiger partial charge in [0.2, 0.25) is 0 Å². The summed E-state index contributed by atoms with van der Waals surface area (Å²) in [6.45, 7) is 10.9. The molecule has 1 aliphatic rings. The number of ether oxygens (including phenoxy) is 2. The van der Waals surface area contributed by atoms with Gasteiger partial charge < -0.3 is 14.6 Å². The lowest BCUT2D eigenvalue weighted by molar-refractivity contribution is -0.0523. The van der Waals surface area contributed by atoms with Crippen molar-refractivity contribution in [2.45, 2.75) is 46.0 Å². The lowest BCUT2D eigenvalue weighted by Crippen LogP contribution is -2.15. The Morgan fingerprint density at radius 2 is 2.00 bits per heavy atom. The number of hydrogen-bond acceptors (Lipinski definition) is 3. The van der Waals surface area contributed by atoms with Crippen LogP contribution in [0, 0.1) is 0 Å². The van der Waals surface area contributed by atoms with Crippen LogP contribution in [0.3, 0.4) is 0 Å². The van der Waals surface area contributed by atoms with Gasteiger partial charge in [-0.05, 0) is 18.9 Å². The van der Waals surface area contributed by atoms with Crippen molar-refractivity contribution in [3.05, 3.63) is 36.5 Å². The first kappa shape index (κ1) is 17.1. The molecule has 1 saturated heterocycles. The fraction of sp³-hybridized carbons (Fsp3) is 0.600. The van der Waals surface area contributed by atoms with E-state index in [9.17, 15) is 5.11 Å². The molecule has 0 aromatic heterocycles. The summed E-state index contributed by atoms with van der Waals surface area (Å²) >= 11 is 0. The minimum atomic E-state index is -0.484. The highest BCUT2D eigenvalue weighted by Crippen LogP contribution is 2.16. The molecule has 1 aliphatic heterocycles. The second kappa shape index (κ2) is 11.2. The zero-order chi connectivity index (χ0) is 13.8. The number of allylic oxidation sites excluding steroid dienone is 3. The fourth-order valence-corrected chi connectivity index (χ4v) is 1.64. The van der Waals surface area contributed by atoms with Crippen LogP contribution in [-0.2, 0) is 9.47 Å². The lowest BCUT2D eigenvalue weighted by atomic mass is 10.0. The van der Waals surface area contributed by atoms with Crippen LogP contribution < -0.4 is 0 Å². The second-order valence-corrected chi connectivity index (χ2v) is 3.67. The molecule has 0 radical (unpaired) electrons. The van der Waals surface area contributed by atoms with Gasteiger partial charge in [-0.2, -0.15) is 0 Å². The van der Waals surface area contributed by atoms with Crippen LogP contribution in [0.5, 0.6) is 0 Å². The minimum Gasteiger partial charge on any atom is -0.388 e. The number of aliphatic hydroxyl groups excluding tert-OH is 1. The van der Waals surface area contributed by atoms with Gasteiger partial charge in [0.15, 0.2) is 6.29 Å². The van der Waals surface area contributed by atoms with Crippen molar-refractivity contribution in [2.24, 2.45) is 0 Å². The maximum absolute atomic E-state index is 9.95. The quantitative estimate of drug-likeness (QED) is 0.740. The summed E-state index contributed by atoms with van der Waals surface area (Å²) in [5.74, 6) is 0. The van der Waals surface area contributed by atoms with Crippen LogP contribution in [0.4, 0.5) is 0 Å². The monoisotopic (exact) mass is 254 g/mol. The van der Waals surface area contributed by atoms with Crippen LogP contribution in [0.1, 0.15) is 33.6 Å². The molecular weight excluding hydrogens is 228 g/mol. The predicted molar refractivity (Wildman–Crippen MR) is 75.4 cm³/mol. The highest BCUT2D eigenvalue weighted by atomic mass is 16.7. The molecule has 1 heterocycles. The fourth-order valence-electron chi connectivity index (χ4n) is 1.64. The first-order valence-corrected chi connectivity index (χ1v) is 6.64. The van der Waals surface area contributed by atoms with E-state index in [1.807, 2.05) is 39.0 Å². The summed E-state index contributed by atoms with van der Waals surface area (Å²) in [7, 11) is 0. The van der Waals surface area contributed by atoms with Crippen LogP contribution in [0.15, 0.2) is 36.5 Å². The van der Waals surface area contributed by atoms with Crippen molar-refractivity contribution >= 4 is 0 Å². The number of rotatable bonds is 6. The first-order chi connectivity index (χ1) is 8.77. The van der Waals surface area contributed by atoms with E-state index in [1.165, 1.54) is 0 Å². The summed E-state index contributed by atoms with van der Waals surface area (Å²) in [4.78, 5) is 0. The van der Waals surface area contributed by atoms with Crippen LogP contribution in [0.2, 0.25) is 0 Å². The zero-order valence-corrected chi connectivity index (χ0v) is 11.8. The Morgan fingerprint density at radius 3 is 2.50 bits per heavy atom. The molecule has 0 aliphatic carbocycles. The molecule has 0 amide bonds. The molecule has 0 spiro atoms. The third kappa shape index (κ3) is 6.74. The minimum absolute atomic E-state index is 0.148. The van der Waals surface area contributed by atoms with Crippen molar-refractivity contribution in [1.29, 1.82) is 0 Å². The Labute approximate surface area is 111 Å². The van der Waals surface area contributed by atoms with Gasteiger partial charge in [-0.15, -0.1) is 0 Å². The van der Waals surface area contributed by atoms with E-state index in [0.717, 1.165) is 5.57 Å². The van der Waals surface area contributed by atoms with E-state index in [-0.39, 0.29) is 6.29 Å². The van der Waals surface area contributed by atoms with Gasteiger partial charge in [-0.1, -0.05) is 44.7 Å². The highest BCUT2D eigenvalue weighted by molar-refractivity contribution is 5.26. The lowest BCUT2D eigenvalue weighted by Gasteiger charge is -2.14. The standard InChI is InChI=1S/C13H20O3.C2H6/c1-3-5-11(6-4-2)12(14)7-8-13-15-9-10-16-13;1-2/h3-6,12-14H,1,7-10H2,2H3;1-2H3/b6-4-,11-5+;. The Balaban J connectivity index is 0.00000137. The summed E-state index contributed by atoms with van der Waals surface area (Å²) in [5.41, 5.74) is 0.871. The van der Waals surface area contributed by atoms with Crippen molar-refractivity contribution < 1.29 is 14.6 Å². The third-order valence-corrected chi connectivity index (χ3v) is 2.42. The van der Waals surface area contributed by atoms with E-state index in [4.69, 9.17) is 9.47 Å². The van der Waals surface area contributed by atoms with Gasteiger partial charge in [0.25, 0.3) is 0 Å². The first-order valence-electron chi connectivity index (χ1n) is 6.64. The SMILES string of the molecule is C=C/C=C(\C=C/C)C(O)CCC1OCCO1.CC. The van der Waals surface area contributed by atoms with Crippen molar-refractivity contribution in [1.82, 2.24) is 0 Å². The Hall–Kier alpha value is -0.900. The number of aliphatic hydroxyl groups is 1. The van der Waals surface area contributed by atoms with Gasteiger partial charge in [0.05, 0.1) is 19.3 Å². The highest BCUT2D eigenvalue weighted by Gasteiger charge is 2.18. The molecule has 1 atom stereocenters. The van der Waals surface area contributed by atoms with Crippen LogP contribution in [-0.4, -0.2) is 30.7 Å². The van der Waals surface area contributed by atoms with Gasteiger partial charge in [0.1, 0.15) is 0 Å². The molecule has 104 valence electrons. The summed E-state index contributed by atoms with van der Waals surface area (Å²) in [6.07, 6.45) is 8.01. The van der Waals surface area contributed by atoms with E-state index in [1.54, 1.807) is 6.08 Å². The van der Waals surface area contributed by atoms with Crippen molar-refractivity contribution in [3.8, 4) is 0 Å². The molecule has 3 heteroatoms. The summed E-state index contributed by atoms with van der Waals surface area (Å²) < 4.78 is 10.6. The van der Waals surface area contributed by atoms with E-state index >= 15 is 0 Å². The second-order valence-electron chi connectivity index (χ2n) is 3.67. The summed E-state index contributed by atoms with van der Waals surface area (Å²) in [6, 6.07) is 0. The number of hydrogen-bond donors (Lipinski definition) is 1. The molecule has 0 aromatic rings. The van der Waals surface area contributed by atoms with Crippen molar-refractivity contribution in [3.63, 3.8) is 0 Å². The molecule has 0 saturated carbocycles. The van der Waals surface area contributed by atoms with Gasteiger partial charge >= 0.3 is 0 Å². The molecule has 3 nitrogen and oxygen atoms in total. The Bertz CT molecular complexity index is 263. The van der Waals surface area contributed by atoms with Gasteiger partial charge in [-0.3, -0.25) is 0 Å². The maximum atomic E-state index is 9.95. The van der Waals surface area contributed by atoms with Crippen LogP contribution >= 0.6 is 0 Å². The average molecular weight is 254 g/mol. The normalized spacial score (nSPS) is 18.6. The molecule has 1 unspecified atom stereocenters. The molecular formula is C15H26O3. The Morgan fingerprint density at radius 1 is 1.39 bits per heavy atom. The molecule has 0 aromatic carbocycles. The molecule has 1 rings (SSSR count). The van der Waals surface area contributed by atoms with Gasteiger partial charge in [-0.25, -0.2) is 0 Å². The molecule has 1 fully saturated rings. The largest absolute Gasteiger partial charge is 0.388 e. The van der Waals surface area contributed by atoms with E-state index in [0.29, 0.717) is 26.1 Å². The van der Waals surface area contributed by atoms with Gasteiger partial charge in [0, 0.05) is 6.42 Å². The molecule has 0 bridgehead atoms. The van der Waals surface area contributed by atoms with E-state index < -0.39 is 6.10 Å². The maximum Gasteiger partial charge on any atom is 0.157 e.